The van der Waals surface area contributed by atoms with Crippen molar-refractivity contribution in [1.82, 2.24) is 9.88 Å². The quantitative estimate of drug-likeness (QED) is 0.785. The third kappa shape index (κ3) is 3.67. The molecule has 132 valence electrons. The number of nitrogens with zero attached hydrogens (tertiary/aromatic N) is 3. The van der Waals surface area contributed by atoms with Gasteiger partial charge in [-0.1, -0.05) is 6.08 Å². The molecule has 1 amide bonds. The molecular formula is C19H23N3O3. The minimum Gasteiger partial charge on any atom is -0.444 e. The van der Waals surface area contributed by atoms with Crippen molar-refractivity contribution in [2.45, 2.75) is 51.8 Å². The van der Waals surface area contributed by atoms with E-state index in [1.165, 1.54) is 0 Å². The minimum atomic E-state index is -0.523. The first-order valence-electron chi connectivity index (χ1n) is 8.45. The molecule has 0 aromatic carbocycles. The molecule has 6 nitrogen and oxygen atoms in total. The van der Waals surface area contributed by atoms with Gasteiger partial charge in [-0.2, -0.15) is 5.26 Å². The summed E-state index contributed by atoms with van der Waals surface area (Å²) >= 11 is 0. The van der Waals surface area contributed by atoms with Crippen LogP contribution in [0.3, 0.4) is 0 Å². The highest BCUT2D eigenvalue weighted by Gasteiger charge is 2.40. The third-order valence-corrected chi connectivity index (χ3v) is 4.36. The van der Waals surface area contributed by atoms with Crippen LogP contribution in [-0.4, -0.2) is 46.9 Å². The number of ether oxygens (including phenoxy) is 2. The van der Waals surface area contributed by atoms with Crippen molar-refractivity contribution in [2.75, 3.05) is 13.2 Å². The maximum atomic E-state index is 12.6. The van der Waals surface area contributed by atoms with E-state index < -0.39 is 5.60 Å². The summed E-state index contributed by atoms with van der Waals surface area (Å²) < 4.78 is 11.2. The van der Waals surface area contributed by atoms with Gasteiger partial charge in [0.25, 0.3) is 0 Å². The molecule has 3 rings (SSSR count). The van der Waals surface area contributed by atoms with E-state index in [9.17, 15) is 4.79 Å². The Morgan fingerprint density at radius 1 is 1.44 bits per heavy atom. The Balaban J connectivity index is 1.88. The lowest BCUT2D eigenvalue weighted by Gasteiger charge is -2.44. The molecule has 2 atom stereocenters. The van der Waals surface area contributed by atoms with Crippen molar-refractivity contribution in [3.05, 3.63) is 35.2 Å². The summed E-state index contributed by atoms with van der Waals surface area (Å²) in [5.74, 6) is 0. The number of morpholine rings is 1. The molecule has 0 N–H and O–H groups in total. The lowest BCUT2D eigenvalue weighted by atomic mass is 9.90. The van der Waals surface area contributed by atoms with Crippen LogP contribution in [0.15, 0.2) is 18.3 Å². The molecule has 25 heavy (non-hydrogen) atoms. The molecule has 2 unspecified atom stereocenters. The number of hydrogen-bond acceptors (Lipinski definition) is 5. The zero-order valence-corrected chi connectivity index (χ0v) is 15.1. The number of pyridine rings is 1. The lowest BCUT2D eigenvalue weighted by molar-refractivity contribution is -0.0510. The Bertz CT molecular complexity index is 758. The standard InChI is InChI=1S/C19H23N3O3/c1-12-5-14(9-21-17(12)8-20)13-6-15-10-24-11-16(7-13)22(15)18(23)25-19(2,3)4/h5-6,9,15-16H,7,10-11H2,1-4H3. The molecule has 1 aromatic heterocycles. The molecule has 0 saturated carbocycles. The first-order chi connectivity index (χ1) is 11.8. The first-order valence-corrected chi connectivity index (χ1v) is 8.45. The zero-order valence-electron chi connectivity index (χ0n) is 15.1. The van der Waals surface area contributed by atoms with Gasteiger partial charge in [0.1, 0.15) is 17.4 Å². The number of rotatable bonds is 1. The second kappa shape index (κ2) is 6.49. The van der Waals surface area contributed by atoms with Gasteiger partial charge in [0.2, 0.25) is 0 Å². The molecule has 0 spiro atoms. The van der Waals surface area contributed by atoms with Gasteiger partial charge in [0.15, 0.2) is 0 Å². The monoisotopic (exact) mass is 341 g/mol. The summed E-state index contributed by atoms with van der Waals surface area (Å²) in [7, 11) is 0. The average Bonchev–Trinajstić information content (AvgIpc) is 2.51. The largest absolute Gasteiger partial charge is 0.444 e. The molecule has 1 aromatic rings. The molecule has 1 fully saturated rings. The van der Waals surface area contributed by atoms with E-state index in [1.807, 2.05) is 33.8 Å². The van der Waals surface area contributed by atoms with Crippen LogP contribution in [0.2, 0.25) is 0 Å². The summed E-state index contributed by atoms with van der Waals surface area (Å²) in [6, 6.07) is 3.88. The summed E-state index contributed by atoms with van der Waals surface area (Å²) in [5.41, 5.74) is 2.91. The highest BCUT2D eigenvalue weighted by molar-refractivity contribution is 5.75. The van der Waals surface area contributed by atoms with Crippen LogP contribution in [0.5, 0.6) is 0 Å². The van der Waals surface area contributed by atoms with E-state index >= 15 is 0 Å². The smallest absolute Gasteiger partial charge is 0.411 e. The predicted molar refractivity (Wildman–Crippen MR) is 92.8 cm³/mol. The third-order valence-electron chi connectivity index (χ3n) is 4.36. The molecule has 2 bridgehead atoms. The predicted octanol–water partition coefficient (Wildman–Crippen LogP) is 3.05. The van der Waals surface area contributed by atoms with Gasteiger partial charge in [0.05, 0.1) is 25.3 Å². The van der Waals surface area contributed by atoms with Crippen LogP contribution in [0.25, 0.3) is 5.57 Å². The van der Waals surface area contributed by atoms with Crippen molar-refractivity contribution in [2.24, 2.45) is 0 Å². The number of fused-ring (bicyclic) bond motifs is 2. The summed E-state index contributed by atoms with van der Waals surface area (Å²) in [6.07, 6.45) is 4.18. The van der Waals surface area contributed by atoms with Crippen LogP contribution in [0, 0.1) is 18.3 Å². The summed E-state index contributed by atoms with van der Waals surface area (Å²) in [4.78, 5) is 18.6. The van der Waals surface area contributed by atoms with Gasteiger partial charge in [0, 0.05) is 6.20 Å². The Kier molecular flexibility index (Phi) is 4.53. The van der Waals surface area contributed by atoms with E-state index in [1.54, 1.807) is 11.1 Å². The van der Waals surface area contributed by atoms with Crippen LogP contribution < -0.4 is 0 Å². The van der Waals surface area contributed by atoms with Gasteiger partial charge < -0.3 is 9.47 Å². The van der Waals surface area contributed by atoms with E-state index in [0.29, 0.717) is 25.3 Å². The van der Waals surface area contributed by atoms with E-state index in [4.69, 9.17) is 14.7 Å². The van der Waals surface area contributed by atoms with Crippen molar-refractivity contribution in [3.63, 3.8) is 0 Å². The molecule has 3 heterocycles. The van der Waals surface area contributed by atoms with Crippen LogP contribution in [0.1, 0.15) is 44.0 Å². The van der Waals surface area contributed by atoms with Gasteiger partial charge in [-0.25, -0.2) is 9.78 Å². The van der Waals surface area contributed by atoms with Crippen LogP contribution in [0.4, 0.5) is 4.79 Å². The van der Waals surface area contributed by atoms with Gasteiger partial charge in [-0.3, -0.25) is 4.90 Å². The Labute approximate surface area is 148 Å². The molecule has 6 heteroatoms. The number of aromatic nitrogens is 1. The van der Waals surface area contributed by atoms with Crippen LogP contribution in [-0.2, 0) is 9.47 Å². The van der Waals surface area contributed by atoms with Gasteiger partial charge in [-0.15, -0.1) is 0 Å². The fraction of sp³-hybridized carbons (Fsp3) is 0.526. The SMILES string of the molecule is Cc1cc(C2=CC3COCC(C2)N3C(=O)OC(C)(C)C)cnc1C#N. The van der Waals surface area contributed by atoms with Crippen LogP contribution >= 0.6 is 0 Å². The van der Waals surface area contributed by atoms with Crippen molar-refractivity contribution < 1.29 is 14.3 Å². The average molecular weight is 341 g/mol. The van der Waals surface area contributed by atoms with Crippen molar-refractivity contribution >= 4 is 11.7 Å². The van der Waals surface area contributed by atoms with E-state index in [0.717, 1.165) is 16.7 Å². The second-order valence-electron chi connectivity index (χ2n) is 7.54. The maximum absolute atomic E-state index is 12.6. The van der Waals surface area contributed by atoms with E-state index in [-0.39, 0.29) is 18.2 Å². The van der Waals surface area contributed by atoms with Gasteiger partial charge in [-0.05, 0) is 56.9 Å². The maximum Gasteiger partial charge on any atom is 0.411 e. The molecule has 2 aliphatic heterocycles. The number of amides is 1. The van der Waals surface area contributed by atoms with Crippen molar-refractivity contribution in [1.29, 1.82) is 5.26 Å². The molecular weight excluding hydrogens is 318 g/mol. The number of carbonyl (C=O) groups excluding carboxylic acids is 1. The topological polar surface area (TPSA) is 75.4 Å². The Morgan fingerprint density at radius 2 is 2.20 bits per heavy atom. The van der Waals surface area contributed by atoms with Crippen molar-refractivity contribution in [3.8, 4) is 6.07 Å². The fourth-order valence-corrected chi connectivity index (χ4v) is 3.28. The molecule has 1 saturated heterocycles. The number of hydrogen-bond donors (Lipinski definition) is 0. The number of nitriles is 1. The van der Waals surface area contributed by atoms with E-state index in [2.05, 4.69) is 17.1 Å². The Hall–Kier alpha value is -2.39. The van der Waals surface area contributed by atoms with Gasteiger partial charge >= 0.3 is 6.09 Å². The summed E-state index contributed by atoms with van der Waals surface area (Å²) in [5, 5.41) is 9.04. The minimum absolute atomic E-state index is 0.0513. The number of aryl methyl sites for hydroxylation is 1. The highest BCUT2D eigenvalue weighted by atomic mass is 16.6. The lowest BCUT2D eigenvalue weighted by Crippen LogP contribution is -2.57. The fourth-order valence-electron chi connectivity index (χ4n) is 3.28. The first kappa shape index (κ1) is 17.4. The molecule has 2 aliphatic rings. The molecule has 0 aliphatic carbocycles. The Morgan fingerprint density at radius 3 is 2.80 bits per heavy atom. The normalized spacial score (nSPS) is 22.8. The zero-order chi connectivity index (χ0) is 18.2. The highest BCUT2D eigenvalue weighted by Crippen LogP contribution is 2.33. The molecule has 0 radical (unpaired) electrons. The summed E-state index contributed by atoms with van der Waals surface area (Å²) in [6.45, 7) is 8.45. The second-order valence-corrected chi connectivity index (χ2v) is 7.54. The number of carbonyl (C=O) groups is 1.